The molecule has 0 saturated carbocycles. The maximum Gasteiger partial charge on any atom is 0.254 e. The number of hydrogen-bond donors (Lipinski definition) is 1. The maximum absolute atomic E-state index is 12.3. The summed E-state index contributed by atoms with van der Waals surface area (Å²) in [5.74, 6) is 0.305. The van der Waals surface area contributed by atoms with Crippen molar-refractivity contribution >= 4 is 46.8 Å². The van der Waals surface area contributed by atoms with Gasteiger partial charge < -0.3 is 19.7 Å². The summed E-state index contributed by atoms with van der Waals surface area (Å²) in [6.07, 6.45) is 2.96. The van der Waals surface area contributed by atoms with E-state index in [0.717, 1.165) is 0 Å². The second-order valence-electron chi connectivity index (χ2n) is 6.18. The van der Waals surface area contributed by atoms with Crippen molar-refractivity contribution in [3.05, 3.63) is 57.6 Å². The summed E-state index contributed by atoms with van der Waals surface area (Å²) in [5.41, 5.74) is 1.44. The van der Waals surface area contributed by atoms with Gasteiger partial charge >= 0.3 is 0 Å². The lowest BCUT2D eigenvalue weighted by Crippen LogP contribution is -2.22. The third-order valence-electron chi connectivity index (χ3n) is 3.83. The first-order valence-corrected chi connectivity index (χ1v) is 9.53. The average molecular weight is 437 g/mol. The van der Waals surface area contributed by atoms with Crippen LogP contribution in [0.5, 0.6) is 11.5 Å². The van der Waals surface area contributed by atoms with Crippen molar-refractivity contribution < 1.29 is 19.1 Å². The summed E-state index contributed by atoms with van der Waals surface area (Å²) in [7, 11) is 4.76. The minimum absolute atomic E-state index is 0.252. The van der Waals surface area contributed by atoms with Gasteiger partial charge in [0.05, 0.1) is 29.3 Å². The quantitative estimate of drug-likeness (QED) is 0.635. The molecule has 154 valence electrons. The smallest absolute Gasteiger partial charge is 0.254 e. The molecule has 2 aromatic rings. The number of benzene rings is 2. The SMILES string of the molecule is CCOc1cc(/C=C/C(=O)Nc2ccc(Cl)c(C(=O)N(C)C)c2)cc(Cl)c1OC. The Labute approximate surface area is 180 Å². The van der Waals surface area contributed by atoms with Crippen LogP contribution in [0.25, 0.3) is 6.08 Å². The topological polar surface area (TPSA) is 67.9 Å². The Kier molecular flexibility index (Phi) is 7.93. The highest BCUT2D eigenvalue weighted by molar-refractivity contribution is 6.34. The van der Waals surface area contributed by atoms with Crippen LogP contribution in [0, 0.1) is 0 Å². The molecule has 0 fully saturated rings. The van der Waals surface area contributed by atoms with Crippen LogP contribution < -0.4 is 14.8 Å². The molecule has 29 heavy (non-hydrogen) atoms. The number of carbonyl (C=O) groups excluding carboxylic acids is 2. The Morgan fingerprint density at radius 2 is 1.86 bits per heavy atom. The Balaban J connectivity index is 2.18. The number of nitrogens with zero attached hydrogens (tertiary/aromatic N) is 1. The minimum Gasteiger partial charge on any atom is -0.491 e. The van der Waals surface area contributed by atoms with Crippen LogP contribution in [-0.2, 0) is 4.79 Å². The number of rotatable bonds is 7. The maximum atomic E-state index is 12.3. The van der Waals surface area contributed by atoms with Crippen LogP contribution in [0.3, 0.4) is 0 Å². The van der Waals surface area contributed by atoms with Crippen LogP contribution in [0.2, 0.25) is 10.0 Å². The second-order valence-corrected chi connectivity index (χ2v) is 7.00. The molecule has 0 unspecified atom stereocenters. The van der Waals surface area contributed by atoms with Crippen LogP contribution in [0.1, 0.15) is 22.8 Å². The fourth-order valence-corrected chi connectivity index (χ4v) is 3.00. The molecule has 2 amide bonds. The third kappa shape index (κ3) is 5.89. The molecule has 1 N–H and O–H groups in total. The van der Waals surface area contributed by atoms with E-state index in [1.165, 1.54) is 24.2 Å². The van der Waals surface area contributed by atoms with Crippen molar-refractivity contribution in [2.75, 3.05) is 33.1 Å². The predicted molar refractivity (Wildman–Crippen MR) is 116 cm³/mol. The number of carbonyl (C=O) groups is 2. The molecule has 0 atom stereocenters. The molecule has 0 radical (unpaired) electrons. The van der Waals surface area contributed by atoms with Crippen LogP contribution in [0.15, 0.2) is 36.4 Å². The highest BCUT2D eigenvalue weighted by atomic mass is 35.5. The number of halogens is 2. The Bertz CT molecular complexity index is 943. The fraction of sp³-hybridized carbons (Fsp3) is 0.238. The van der Waals surface area contributed by atoms with E-state index in [2.05, 4.69) is 5.32 Å². The molecular weight excluding hydrogens is 415 g/mol. The highest BCUT2D eigenvalue weighted by Gasteiger charge is 2.14. The van der Waals surface area contributed by atoms with Gasteiger partial charge in [-0.05, 0) is 48.9 Å². The second kappa shape index (κ2) is 10.2. The molecule has 6 nitrogen and oxygen atoms in total. The predicted octanol–water partition coefficient (Wildman–Crippen LogP) is 4.75. The summed E-state index contributed by atoms with van der Waals surface area (Å²) in [6.45, 7) is 2.30. The van der Waals surface area contributed by atoms with Crippen LogP contribution in [0.4, 0.5) is 5.69 Å². The first-order valence-electron chi connectivity index (χ1n) is 8.77. The standard InChI is InChI=1S/C21H22Cl2N2O4/c1-5-29-18-11-13(10-17(23)20(18)28-4)6-9-19(26)24-14-7-8-16(22)15(12-14)21(27)25(2)3/h6-12H,5H2,1-4H3,(H,24,26)/b9-6+. The van der Waals surface area contributed by atoms with Gasteiger partial charge in [-0.1, -0.05) is 23.2 Å². The molecule has 0 aliphatic heterocycles. The van der Waals surface area contributed by atoms with E-state index in [1.54, 1.807) is 44.4 Å². The van der Waals surface area contributed by atoms with Gasteiger partial charge in [0.1, 0.15) is 0 Å². The summed E-state index contributed by atoms with van der Waals surface area (Å²) < 4.78 is 10.8. The fourth-order valence-electron chi connectivity index (χ4n) is 2.51. The van der Waals surface area contributed by atoms with Gasteiger partial charge in [0.25, 0.3) is 5.91 Å². The van der Waals surface area contributed by atoms with Crippen molar-refractivity contribution in [1.82, 2.24) is 4.90 Å². The molecular formula is C21H22Cl2N2O4. The van der Waals surface area contributed by atoms with E-state index in [0.29, 0.717) is 45.0 Å². The van der Waals surface area contributed by atoms with E-state index >= 15 is 0 Å². The van der Waals surface area contributed by atoms with E-state index in [1.807, 2.05) is 6.92 Å². The largest absolute Gasteiger partial charge is 0.491 e. The zero-order valence-corrected chi connectivity index (χ0v) is 18.1. The van der Waals surface area contributed by atoms with E-state index in [-0.39, 0.29) is 11.8 Å². The highest BCUT2D eigenvalue weighted by Crippen LogP contribution is 2.36. The number of anilines is 1. The van der Waals surface area contributed by atoms with E-state index in [9.17, 15) is 9.59 Å². The molecule has 0 aliphatic carbocycles. The monoisotopic (exact) mass is 436 g/mol. The Morgan fingerprint density at radius 3 is 2.48 bits per heavy atom. The normalized spacial score (nSPS) is 10.7. The van der Waals surface area contributed by atoms with Gasteiger partial charge in [-0.2, -0.15) is 0 Å². The van der Waals surface area contributed by atoms with Gasteiger partial charge in [-0.25, -0.2) is 0 Å². The van der Waals surface area contributed by atoms with Crippen molar-refractivity contribution in [3.63, 3.8) is 0 Å². The molecule has 0 heterocycles. The van der Waals surface area contributed by atoms with Gasteiger partial charge in [0, 0.05) is 25.9 Å². The zero-order valence-electron chi connectivity index (χ0n) is 16.6. The molecule has 8 heteroatoms. The number of nitrogens with one attached hydrogen (secondary N) is 1. The molecule has 0 aromatic heterocycles. The zero-order chi connectivity index (χ0) is 21.6. The minimum atomic E-state index is -0.375. The van der Waals surface area contributed by atoms with Gasteiger partial charge in [0.2, 0.25) is 5.91 Å². The summed E-state index contributed by atoms with van der Waals surface area (Å²) >= 11 is 12.3. The van der Waals surface area contributed by atoms with Crippen LogP contribution in [-0.4, -0.2) is 44.5 Å². The molecule has 0 saturated heterocycles. The molecule has 0 aliphatic rings. The first-order chi connectivity index (χ1) is 13.8. The lowest BCUT2D eigenvalue weighted by atomic mass is 10.1. The van der Waals surface area contributed by atoms with Crippen molar-refractivity contribution in [1.29, 1.82) is 0 Å². The Hall–Kier alpha value is -2.70. The lowest BCUT2D eigenvalue weighted by Gasteiger charge is -2.13. The van der Waals surface area contributed by atoms with Gasteiger partial charge in [0.15, 0.2) is 11.5 Å². The molecule has 0 spiro atoms. The summed E-state index contributed by atoms with van der Waals surface area (Å²) in [6, 6.07) is 8.12. The van der Waals surface area contributed by atoms with Crippen molar-refractivity contribution in [2.45, 2.75) is 6.92 Å². The van der Waals surface area contributed by atoms with E-state index in [4.69, 9.17) is 32.7 Å². The number of hydrogen-bond acceptors (Lipinski definition) is 4. The lowest BCUT2D eigenvalue weighted by molar-refractivity contribution is -0.111. The van der Waals surface area contributed by atoms with Crippen molar-refractivity contribution in [2.24, 2.45) is 0 Å². The number of methoxy groups -OCH3 is 1. The summed E-state index contributed by atoms with van der Waals surface area (Å²) in [4.78, 5) is 25.9. The van der Waals surface area contributed by atoms with Crippen LogP contribution >= 0.6 is 23.2 Å². The number of ether oxygens (including phenoxy) is 2. The molecule has 2 aromatic carbocycles. The number of amides is 2. The van der Waals surface area contributed by atoms with Crippen molar-refractivity contribution in [3.8, 4) is 11.5 Å². The van der Waals surface area contributed by atoms with E-state index < -0.39 is 0 Å². The summed E-state index contributed by atoms with van der Waals surface area (Å²) in [5, 5.41) is 3.40. The van der Waals surface area contributed by atoms with Gasteiger partial charge in [-0.3, -0.25) is 9.59 Å². The molecule has 0 bridgehead atoms. The Morgan fingerprint density at radius 1 is 1.14 bits per heavy atom. The molecule has 2 rings (SSSR count). The first kappa shape index (κ1) is 22.6. The van der Waals surface area contributed by atoms with Gasteiger partial charge in [-0.15, -0.1) is 0 Å². The third-order valence-corrected chi connectivity index (χ3v) is 4.44. The average Bonchev–Trinajstić information content (AvgIpc) is 2.67.